The Morgan fingerprint density at radius 1 is 1.83 bits per heavy atom. The van der Waals surface area contributed by atoms with Crippen molar-refractivity contribution in [2.75, 3.05) is 0 Å². The molecular formula is C6H9N3O3. The summed E-state index contributed by atoms with van der Waals surface area (Å²) >= 11 is 0. The maximum absolute atomic E-state index is 10.2. The molecule has 0 aromatic carbocycles. The van der Waals surface area contributed by atoms with Gasteiger partial charge in [0.15, 0.2) is 0 Å². The van der Waals surface area contributed by atoms with Crippen LogP contribution in [0.4, 0.5) is 5.82 Å². The number of hydrogen-bond acceptors (Lipinski definition) is 4. The standard InChI is InChI=1S/C6H9N3O3/c1-4(10)6-7-5(9(11)12)3-8(6)2/h3-4,10H,1-2H3. The topological polar surface area (TPSA) is 81.2 Å². The molecule has 1 unspecified atom stereocenters. The van der Waals surface area contributed by atoms with Gasteiger partial charge in [-0.1, -0.05) is 0 Å². The van der Waals surface area contributed by atoms with Gasteiger partial charge in [0.25, 0.3) is 5.82 Å². The molecular weight excluding hydrogens is 162 g/mol. The van der Waals surface area contributed by atoms with Crippen LogP contribution >= 0.6 is 0 Å². The van der Waals surface area contributed by atoms with Gasteiger partial charge >= 0.3 is 5.82 Å². The molecule has 1 aromatic heterocycles. The Labute approximate surface area is 68.6 Å². The predicted molar refractivity (Wildman–Crippen MR) is 40.5 cm³/mol. The second-order valence-electron chi connectivity index (χ2n) is 2.50. The summed E-state index contributed by atoms with van der Waals surface area (Å²) in [6.07, 6.45) is 0.478. The van der Waals surface area contributed by atoms with Gasteiger partial charge in [-0.15, -0.1) is 0 Å². The van der Waals surface area contributed by atoms with E-state index < -0.39 is 11.0 Å². The van der Waals surface area contributed by atoms with Crippen LogP contribution in [-0.4, -0.2) is 19.6 Å². The second kappa shape index (κ2) is 2.90. The molecule has 1 aromatic rings. The fraction of sp³-hybridized carbons (Fsp3) is 0.500. The van der Waals surface area contributed by atoms with Crippen LogP contribution in [0.15, 0.2) is 6.20 Å². The maximum atomic E-state index is 10.2. The van der Waals surface area contributed by atoms with E-state index in [1.807, 2.05) is 0 Å². The third-order valence-corrected chi connectivity index (χ3v) is 1.46. The molecule has 66 valence electrons. The highest BCUT2D eigenvalue weighted by molar-refractivity contribution is 5.17. The molecule has 0 amide bonds. The first-order valence-corrected chi connectivity index (χ1v) is 3.38. The molecule has 12 heavy (non-hydrogen) atoms. The van der Waals surface area contributed by atoms with E-state index in [4.69, 9.17) is 5.11 Å². The molecule has 1 heterocycles. The van der Waals surface area contributed by atoms with Gasteiger partial charge in [-0.25, -0.2) is 0 Å². The number of aliphatic hydroxyl groups excluding tert-OH is 1. The van der Waals surface area contributed by atoms with Crippen LogP contribution in [0.2, 0.25) is 0 Å². The number of aryl methyl sites for hydroxylation is 1. The first kappa shape index (κ1) is 8.66. The van der Waals surface area contributed by atoms with Crippen molar-refractivity contribution in [3.63, 3.8) is 0 Å². The summed E-state index contributed by atoms with van der Waals surface area (Å²) < 4.78 is 1.43. The van der Waals surface area contributed by atoms with Crippen LogP contribution < -0.4 is 0 Å². The zero-order chi connectivity index (χ0) is 9.30. The number of rotatable bonds is 2. The quantitative estimate of drug-likeness (QED) is 0.515. The Balaban J connectivity index is 3.09. The van der Waals surface area contributed by atoms with Crippen molar-refractivity contribution in [1.82, 2.24) is 9.55 Å². The number of aromatic nitrogens is 2. The van der Waals surface area contributed by atoms with Crippen molar-refractivity contribution < 1.29 is 10.0 Å². The van der Waals surface area contributed by atoms with Gasteiger partial charge in [-0.3, -0.25) is 0 Å². The Morgan fingerprint density at radius 2 is 2.42 bits per heavy atom. The fourth-order valence-electron chi connectivity index (χ4n) is 0.941. The van der Waals surface area contributed by atoms with Crippen LogP contribution in [0.3, 0.4) is 0 Å². The van der Waals surface area contributed by atoms with E-state index in [9.17, 15) is 10.1 Å². The predicted octanol–water partition coefficient (Wildman–Crippen LogP) is 0.382. The van der Waals surface area contributed by atoms with E-state index in [1.165, 1.54) is 17.7 Å². The van der Waals surface area contributed by atoms with Crippen LogP contribution in [0.25, 0.3) is 0 Å². The Morgan fingerprint density at radius 3 is 2.67 bits per heavy atom. The highest BCUT2D eigenvalue weighted by Crippen LogP contribution is 2.14. The van der Waals surface area contributed by atoms with Crippen LogP contribution in [0.1, 0.15) is 18.9 Å². The minimum Gasteiger partial charge on any atom is -0.383 e. The molecule has 0 radical (unpaired) electrons. The summed E-state index contributed by atoms with van der Waals surface area (Å²) in [6, 6.07) is 0. The zero-order valence-corrected chi connectivity index (χ0v) is 6.76. The lowest BCUT2D eigenvalue weighted by Gasteiger charge is -1.96. The van der Waals surface area contributed by atoms with Crippen molar-refractivity contribution in [1.29, 1.82) is 0 Å². The first-order chi connectivity index (χ1) is 5.52. The van der Waals surface area contributed by atoms with Gasteiger partial charge in [0.05, 0.1) is 0 Å². The molecule has 0 saturated carbocycles. The average molecular weight is 171 g/mol. The van der Waals surface area contributed by atoms with Gasteiger partial charge in [-0.2, -0.15) is 0 Å². The molecule has 1 atom stereocenters. The molecule has 0 spiro atoms. The molecule has 1 rings (SSSR count). The van der Waals surface area contributed by atoms with Gasteiger partial charge in [0.2, 0.25) is 0 Å². The maximum Gasteiger partial charge on any atom is 0.381 e. The molecule has 0 aliphatic heterocycles. The van der Waals surface area contributed by atoms with Crippen molar-refractivity contribution in [2.24, 2.45) is 7.05 Å². The Hall–Kier alpha value is -1.43. The lowest BCUT2D eigenvalue weighted by atomic mass is 10.4. The first-order valence-electron chi connectivity index (χ1n) is 3.38. The fourth-order valence-corrected chi connectivity index (χ4v) is 0.941. The van der Waals surface area contributed by atoms with E-state index in [0.29, 0.717) is 5.82 Å². The summed E-state index contributed by atoms with van der Waals surface area (Å²) in [5, 5.41) is 19.3. The van der Waals surface area contributed by atoms with Crippen molar-refractivity contribution in [3.05, 3.63) is 22.1 Å². The zero-order valence-electron chi connectivity index (χ0n) is 6.76. The van der Waals surface area contributed by atoms with E-state index in [0.717, 1.165) is 0 Å². The smallest absolute Gasteiger partial charge is 0.381 e. The minimum atomic E-state index is -0.788. The number of hydrogen-bond donors (Lipinski definition) is 1. The lowest BCUT2D eigenvalue weighted by Crippen LogP contribution is -2.00. The van der Waals surface area contributed by atoms with Gasteiger partial charge in [0.1, 0.15) is 12.3 Å². The largest absolute Gasteiger partial charge is 0.383 e. The Bertz CT molecular complexity index is 305. The number of aliphatic hydroxyl groups is 1. The molecule has 6 nitrogen and oxygen atoms in total. The molecule has 6 heteroatoms. The van der Waals surface area contributed by atoms with Gasteiger partial charge in [-0.05, 0) is 16.8 Å². The summed E-state index contributed by atoms with van der Waals surface area (Å²) in [6.45, 7) is 1.51. The van der Waals surface area contributed by atoms with Gasteiger partial charge < -0.3 is 19.8 Å². The van der Waals surface area contributed by atoms with Crippen molar-refractivity contribution in [3.8, 4) is 0 Å². The van der Waals surface area contributed by atoms with E-state index in [-0.39, 0.29) is 5.82 Å². The molecule has 0 aliphatic carbocycles. The third-order valence-electron chi connectivity index (χ3n) is 1.46. The number of imidazole rings is 1. The van der Waals surface area contributed by atoms with Crippen LogP contribution in [-0.2, 0) is 7.05 Å². The van der Waals surface area contributed by atoms with E-state index in [1.54, 1.807) is 7.05 Å². The Kier molecular flexibility index (Phi) is 2.09. The average Bonchev–Trinajstić information content (AvgIpc) is 2.30. The van der Waals surface area contributed by atoms with Crippen LogP contribution in [0, 0.1) is 10.1 Å². The van der Waals surface area contributed by atoms with E-state index >= 15 is 0 Å². The normalized spacial score (nSPS) is 12.9. The monoisotopic (exact) mass is 171 g/mol. The van der Waals surface area contributed by atoms with Gasteiger partial charge in [0, 0.05) is 7.05 Å². The SMILES string of the molecule is CC(O)c1nc([N+](=O)[O-])cn1C. The molecule has 0 aliphatic rings. The third kappa shape index (κ3) is 1.42. The summed E-state index contributed by atoms with van der Waals surface area (Å²) in [7, 11) is 1.60. The highest BCUT2D eigenvalue weighted by atomic mass is 16.6. The highest BCUT2D eigenvalue weighted by Gasteiger charge is 2.19. The lowest BCUT2D eigenvalue weighted by molar-refractivity contribution is -0.389. The number of nitrogens with zero attached hydrogens (tertiary/aromatic N) is 3. The molecule has 1 N–H and O–H groups in total. The van der Waals surface area contributed by atoms with Crippen molar-refractivity contribution >= 4 is 5.82 Å². The molecule has 0 fully saturated rings. The van der Waals surface area contributed by atoms with Crippen molar-refractivity contribution in [2.45, 2.75) is 13.0 Å². The minimum absolute atomic E-state index is 0.242. The molecule has 0 bridgehead atoms. The summed E-state index contributed by atoms with van der Waals surface area (Å²) in [4.78, 5) is 13.3. The molecule has 0 saturated heterocycles. The van der Waals surface area contributed by atoms with Crippen LogP contribution in [0.5, 0.6) is 0 Å². The summed E-state index contributed by atoms with van der Waals surface area (Å²) in [5.41, 5.74) is 0. The number of nitro groups is 1. The van der Waals surface area contributed by atoms with E-state index in [2.05, 4.69) is 4.98 Å². The summed E-state index contributed by atoms with van der Waals surface area (Å²) in [5.74, 6) is 0.0510. The second-order valence-corrected chi connectivity index (χ2v) is 2.50.